The lowest BCUT2D eigenvalue weighted by molar-refractivity contribution is 0.0787. The minimum atomic E-state index is -0.446. The van der Waals surface area contributed by atoms with Gasteiger partial charge in [0.25, 0.3) is 5.91 Å². The van der Waals surface area contributed by atoms with Crippen LogP contribution in [0, 0.1) is 11.7 Å². The van der Waals surface area contributed by atoms with Crippen molar-refractivity contribution < 1.29 is 13.9 Å². The summed E-state index contributed by atoms with van der Waals surface area (Å²) in [5, 5.41) is 0. The van der Waals surface area contributed by atoms with Crippen molar-refractivity contribution in [3.05, 3.63) is 29.6 Å². The highest BCUT2D eigenvalue weighted by Gasteiger charge is 2.24. The monoisotopic (exact) mass is 237 g/mol. The second kappa shape index (κ2) is 4.73. The number of methoxy groups -OCH3 is 1. The first-order valence-electron chi connectivity index (χ1n) is 5.74. The number of carbonyl (C=O) groups is 1. The average molecular weight is 237 g/mol. The molecule has 0 N–H and O–H groups in total. The van der Waals surface area contributed by atoms with Crippen molar-refractivity contribution in [2.45, 2.75) is 13.3 Å². The van der Waals surface area contributed by atoms with Crippen molar-refractivity contribution in [2.24, 2.45) is 5.92 Å². The van der Waals surface area contributed by atoms with Gasteiger partial charge in [-0.1, -0.05) is 6.92 Å². The van der Waals surface area contributed by atoms with Crippen LogP contribution in [-0.2, 0) is 0 Å². The first kappa shape index (κ1) is 11.9. The molecular formula is C13H16FNO2. The maximum absolute atomic E-state index is 13.2. The summed E-state index contributed by atoms with van der Waals surface area (Å²) in [6.07, 6.45) is 1.03. The first-order valence-corrected chi connectivity index (χ1v) is 5.74. The Morgan fingerprint density at radius 2 is 2.29 bits per heavy atom. The van der Waals surface area contributed by atoms with E-state index in [2.05, 4.69) is 6.92 Å². The van der Waals surface area contributed by atoms with Gasteiger partial charge in [-0.25, -0.2) is 4.39 Å². The van der Waals surface area contributed by atoms with E-state index in [-0.39, 0.29) is 11.7 Å². The van der Waals surface area contributed by atoms with E-state index < -0.39 is 5.82 Å². The summed E-state index contributed by atoms with van der Waals surface area (Å²) in [6.45, 7) is 3.68. The van der Waals surface area contributed by atoms with Gasteiger partial charge in [0.15, 0.2) is 11.6 Å². The number of nitrogens with zero attached hydrogens (tertiary/aromatic N) is 1. The van der Waals surface area contributed by atoms with Gasteiger partial charge in [-0.15, -0.1) is 0 Å². The lowest BCUT2D eigenvalue weighted by atomic mass is 10.1. The molecule has 1 fully saturated rings. The average Bonchev–Trinajstić information content (AvgIpc) is 2.75. The second-order valence-corrected chi connectivity index (χ2v) is 4.49. The molecule has 0 aromatic heterocycles. The standard InChI is InChI=1S/C13H16FNO2/c1-9-5-6-15(8-9)13(16)10-3-4-11(14)12(7-10)17-2/h3-4,7,9H,5-6,8H2,1-2H3/t9-/m0/s1. The van der Waals surface area contributed by atoms with Crippen LogP contribution in [0.1, 0.15) is 23.7 Å². The molecule has 0 radical (unpaired) electrons. The molecule has 1 atom stereocenters. The minimum Gasteiger partial charge on any atom is -0.494 e. The molecule has 3 nitrogen and oxygen atoms in total. The number of halogens is 1. The van der Waals surface area contributed by atoms with E-state index >= 15 is 0 Å². The van der Waals surface area contributed by atoms with Crippen LogP contribution in [0.4, 0.5) is 4.39 Å². The predicted octanol–water partition coefficient (Wildman–Crippen LogP) is 2.32. The van der Waals surface area contributed by atoms with Crippen molar-refractivity contribution >= 4 is 5.91 Å². The maximum Gasteiger partial charge on any atom is 0.254 e. The molecule has 1 aromatic rings. The molecule has 0 unspecified atom stereocenters. The lowest BCUT2D eigenvalue weighted by Gasteiger charge is -2.16. The van der Waals surface area contributed by atoms with Crippen molar-refractivity contribution in [3.8, 4) is 5.75 Å². The molecule has 1 saturated heterocycles. The summed E-state index contributed by atoms with van der Waals surface area (Å²) >= 11 is 0. The number of carbonyl (C=O) groups excluding carboxylic acids is 1. The predicted molar refractivity (Wildman–Crippen MR) is 62.6 cm³/mol. The van der Waals surface area contributed by atoms with E-state index in [9.17, 15) is 9.18 Å². The first-order chi connectivity index (χ1) is 8.11. The highest BCUT2D eigenvalue weighted by Crippen LogP contribution is 2.22. The summed E-state index contributed by atoms with van der Waals surface area (Å²) in [6, 6.07) is 4.23. The molecule has 0 saturated carbocycles. The smallest absolute Gasteiger partial charge is 0.254 e. The summed E-state index contributed by atoms with van der Waals surface area (Å²) in [7, 11) is 1.39. The van der Waals surface area contributed by atoms with Gasteiger partial charge in [0.05, 0.1) is 7.11 Å². The van der Waals surface area contributed by atoms with Crippen LogP contribution in [-0.4, -0.2) is 31.0 Å². The highest BCUT2D eigenvalue weighted by atomic mass is 19.1. The van der Waals surface area contributed by atoms with Crippen LogP contribution in [0.25, 0.3) is 0 Å². The van der Waals surface area contributed by atoms with Crippen molar-refractivity contribution in [1.82, 2.24) is 4.90 Å². The number of ether oxygens (including phenoxy) is 1. The van der Waals surface area contributed by atoms with Gasteiger partial charge < -0.3 is 9.64 Å². The molecule has 92 valence electrons. The van der Waals surface area contributed by atoms with Crippen molar-refractivity contribution in [3.63, 3.8) is 0 Å². The van der Waals surface area contributed by atoms with E-state index in [1.807, 2.05) is 0 Å². The fourth-order valence-corrected chi connectivity index (χ4v) is 2.09. The van der Waals surface area contributed by atoms with Crippen LogP contribution in [0.3, 0.4) is 0 Å². The zero-order chi connectivity index (χ0) is 12.4. The molecule has 2 rings (SSSR count). The molecule has 0 bridgehead atoms. The Morgan fingerprint density at radius 3 is 2.88 bits per heavy atom. The number of likely N-dealkylation sites (tertiary alicyclic amines) is 1. The Bertz CT molecular complexity index is 433. The number of amides is 1. The van der Waals surface area contributed by atoms with Gasteiger partial charge in [0.1, 0.15) is 0 Å². The Balaban J connectivity index is 2.19. The van der Waals surface area contributed by atoms with Crippen LogP contribution < -0.4 is 4.74 Å². The number of hydrogen-bond acceptors (Lipinski definition) is 2. The van der Waals surface area contributed by atoms with E-state index in [1.165, 1.54) is 25.3 Å². The fourth-order valence-electron chi connectivity index (χ4n) is 2.09. The van der Waals surface area contributed by atoms with Gasteiger partial charge in [-0.2, -0.15) is 0 Å². The maximum atomic E-state index is 13.2. The lowest BCUT2D eigenvalue weighted by Crippen LogP contribution is -2.28. The molecule has 1 aliphatic heterocycles. The third kappa shape index (κ3) is 2.40. The van der Waals surface area contributed by atoms with Crippen LogP contribution >= 0.6 is 0 Å². The van der Waals surface area contributed by atoms with Gasteiger partial charge in [0.2, 0.25) is 0 Å². The molecular weight excluding hydrogens is 221 g/mol. The van der Waals surface area contributed by atoms with Crippen molar-refractivity contribution in [2.75, 3.05) is 20.2 Å². The van der Waals surface area contributed by atoms with E-state index in [1.54, 1.807) is 4.90 Å². The summed E-state index contributed by atoms with van der Waals surface area (Å²) < 4.78 is 18.1. The Kier molecular flexibility index (Phi) is 3.31. The molecule has 1 amide bonds. The Hall–Kier alpha value is -1.58. The zero-order valence-corrected chi connectivity index (χ0v) is 10.1. The molecule has 1 heterocycles. The Labute approximate surface area is 100 Å². The van der Waals surface area contributed by atoms with Gasteiger partial charge in [-0.05, 0) is 30.5 Å². The molecule has 0 aliphatic carbocycles. The van der Waals surface area contributed by atoms with E-state index in [4.69, 9.17) is 4.74 Å². The normalized spacial score (nSPS) is 19.5. The minimum absolute atomic E-state index is 0.0485. The summed E-state index contributed by atoms with van der Waals surface area (Å²) in [5.41, 5.74) is 0.484. The van der Waals surface area contributed by atoms with Gasteiger partial charge in [-0.3, -0.25) is 4.79 Å². The van der Waals surface area contributed by atoms with Gasteiger partial charge in [0, 0.05) is 18.7 Å². The number of rotatable bonds is 2. The largest absolute Gasteiger partial charge is 0.494 e. The topological polar surface area (TPSA) is 29.5 Å². The molecule has 4 heteroatoms. The quantitative estimate of drug-likeness (QED) is 0.790. The van der Waals surface area contributed by atoms with Crippen LogP contribution in [0.5, 0.6) is 5.75 Å². The third-order valence-electron chi connectivity index (χ3n) is 3.11. The molecule has 0 spiro atoms. The summed E-state index contributed by atoms with van der Waals surface area (Å²) in [4.78, 5) is 13.9. The van der Waals surface area contributed by atoms with Crippen LogP contribution in [0.15, 0.2) is 18.2 Å². The SMILES string of the molecule is COc1cc(C(=O)N2CC[C@H](C)C2)ccc1F. The second-order valence-electron chi connectivity index (χ2n) is 4.49. The summed E-state index contributed by atoms with van der Waals surface area (Å²) in [5.74, 6) is 0.163. The number of benzene rings is 1. The van der Waals surface area contributed by atoms with Gasteiger partial charge >= 0.3 is 0 Å². The number of hydrogen-bond donors (Lipinski definition) is 0. The van der Waals surface area contributed by atoms with Crippen molar-refractivity contribution in [1.29, 1.82) is 0 Å². The van der Waals surface area contributed by atoms with E-state index in [0.717, 1.165) is 19.5 Å². The fraction of sp³-hybridized carbons (Fsp3) is 0.462. The Morgan fingerprint density at radius 1 is 1.53 bits per heavy atom. The zero-order valence-electron chi connectivity index (χ0n) is 10.1. The molecule has 1 aliphatic rings. The third-order valence-corrected chi connectivity index (χ3v) is 3.11. The molecule has 17 heavy (non-hydrogen) atoms. The van der Waals surface area contributed by atoms with E-state index in [0.29, 0.717) is 11.5 Å². The molecule has 1 aromatic carbocycles. The highest BCUT2D eigenvalue weighted by molar-refractivity contribution is 5.94. The van der Waals surface area contributed by atoms with Crippen LogP contribution in [0.2, 0.25) is 0 Å².